The SMILES string of the molecule is CCOC(=O)N1CCN(C(=NC)NCC2CN3CCN2CC3)CC1. The second kappa shape index (κ2) is 8.02. The molecule has 4 aliphatic heterocycles. The Morgan fingerprint density at radius 1 is 1.08 bits per heavy atom. The molecule has 1 atom stereocenters. The molecule has 136 valence electrons. The number of guanidine groups is 1. The summed E-state index contributed by atoms with van der Waals surface area (Å²) in [7, 11) is 1.83. The van der Waals surface area contributed by atoms with Gasteiger partial charge in [-0.25, -0.2) is 4.79 Å². The summed E-state index contributed by atoms with van der Waals surface area (Å²) in [6.45, 7) is 12.1. The van der Waals surface area contributed by atoms with Crippen molar-refractivity contribution in [1.82, 2.24) is 24.9 Å². The van der Waals surface area contributed by atoms with Gasteiger partial charge >= 0.3 is 6.09 Å². The van der Waals surface area contributed by atoms with Gasteiger partial charge in [-0.15, -0.1) is 0 Å². The number of fused-ring (bicyclic) bond motifs is 3. The first-order valence-electron chi connectivity index (χ1n) is 9.05. The first-order valence-corrected chi connectivity index (χ1v) is 9.05. The topological polar surface area (TPSA) is 63.7 Å². The Morgan fingerprint density at radius 2 is 1.75 bits per heavy atom. The molecule has 1 amide bonds. The molecule has 0 aliphatic carbocycles. The van der Waals surface area contributed by atoms with E-state index in [1.165, 1.54) is 26.2 Å². The van der Waals surface area contributed by atoms with Crippen LogP contribution in [0.4, 0.5) is 4.79 Å². The summed E-state index contributed by atoms with van der Waals surface area (Å²) in [6, 6.07) is 0.574. The largest absolute Gasteiger partial charge is 0.450 e. The van der Waals surface area contributed by atoms with Crippen LogP contribution in [0.2, 0.25) is 0 Å². The van der Waals surface area contributed by atoms with E-state index in [0.29, 0.717) is 25.7 Å². The van der Waals surface area contributed by atoms with Crippen molar-refractivity contribution in [1.29, 1.82) is 0 Å². The molecule has 24 heavy (non-hydrogen) atoms. The molecule has 2 bridgehead atoms. The Morgan fingerprint density at radius 3 is 2.29 bits per heavy atom. The van der Waals surface area contributed by atoms with Gasteiger partial charge in [-0.05, 0) is 6.92 Å². The predicted octanol–water partition coefficient (Wildman–Crippen LogP) is -0.664. The summed E-state index contributed by atoms with van der Waals surface area (Å²) < 4.78 is 5.07. The maximum atomic E-state index is 11.8. The van der Waals surface area contributed by atoms with E-state index in [2.05, 4.69) is 25.0 Å². The van der Waals surface area contributed by atoms with Crippen molar-refractivity contribution in [2.24, 2.45) is 4.99 Å². The third kappa shape index (κ3) is 3.92. The molecule has 0 aromatic rings. The predicted molar refractivity (Wildman–Crippen MR) is 93.3 cm³/mol. The zero-order chi connectivity index (χ0) is 16.9. The first-order chi connectivity index (χ1) is 11.7. The number of nitrogens with one attached hydrogen (secondary N) is 1. The van der Waals surface area contributed by atoms with E-state index in [-0.39, 0.29) is 6.09 Å². The number of aliphatic imine (C=N–C) groups is 1. The normalized spacial score (nSPS) is 30.4. The number of carbonyl (C=O) groups is 1. The van der Waals surface area contributed by atoms with Crippen molar-refractivity contribution in [3.8, 4) is 0 Å². The van der Waals surface area contributed by atoms with Crippen molar-refractivity contribution in [3.63, 3.8) is 0 Å². The van der Waals surface area contributed by atoms with Crippen molar-refractivity contribution < 1.29 is 9.53 Å². The van der Waals surface area contributed by atoms with E-state index in [1.54, 1.807) is 4.90 Å². The fourth-order valence-electron chi connectivity index (χ4n) is 3.78. The molecule has 1 unspecified atom stereocenters. The maximum Gasteiger partial charge on any atom is 0.409 e. The number of amides is 1. The Bertz CT molecular complexity index is 455. The van der Waals surface area contributed by atoms with Gasteiger partial charge in [0.2, 0.25) is 0 Å². The fourth-order valence-corrected chi connectivity index (χ4v) is 3.78. The van der Waals surface area contributed by atoms with Gasteiger partial charge < -0.3 is 19.9 Å². The quantitative estimate of drug-likeness (QED) is 0.544. The van der Waals surface area contributed by atoms with Gasteiger partial charge in [-0.1, -0.05) is 0 Å². The molecule has 4 aliphatic rings. The average Bonchev–Trinajstić information content (AvgIpc) is 2.64. The van der Waals surface area contributed by atoms with Gasteiger partial charge in [-0.2, -0.15) is 0 Å². The number of rotatable bonds is 3. The van der Waals surface area contributed by atoms with E-state index >= 15 is 0 Å². The average molecular weight is 338 g/mol. The molecular formula is C16H30N6O2. The molecule has 0 aromatic heterocycles. The highest BCUT2D eigenvalue weighted by Crippen LogP contribution is 2.15. The number of hydrogen-bond donors (Lipinski definition) is 1. The van der Waals surface area contributed by atoms with Crippen molar-refractivity contribution in [2.75, 3.05) is 79.1 Å². The van der Waals surface area contributed by atoms with Gasteiger partial charge in [0.15, 0.2) is 5.96 Å². The number of nitrogens with zero attached hydrogens (tertiary/aromatic N) is 5. The lowest BCUT2D eigenvalue weighted by Crippen LogP contribution is -2.64. The van der Waals surface area contributed by atoms with Crippen molar-refractivity contribution >= 4 is 12.1 Å². The highest BCUT2D eigenvalue weighted by atomic mass is 16.6. The Balaban J connectivity index is 1.45. The Kier molecular flexibility index (Phi) is 5.78. The van der Waals surface area contributed by atoms with Crippen LogP contribution in [0.5, 0.6) is 0 Å². The van der Waals surface area contributed by atoms with Gasteiger partial charge in [0.25, 0.3) is 0 Å². The minimum atomic E-state index is -0.208. The summed E-state index contributed by atoms with van der Waals surface area (Å²) in [4.78, 5) is 25.3. The Labute approximate surface area is 144 Å². The van der Waals surface area contributed by atoms with Crippen LogP contribution in [0, 0.1) is 0 Å². The molecule has 4 saturated heterocycles. The van der Waals surface area contributed by atoms with Crippen LogP contribution in [0.1, 0.15) is 6.92 Å². The van der Waals surface area contributed by atoms with Crippen molar-refractivity contribution in [3.05, 3.63) is 0 Å². The standard InChI is InChI=1S/C16H30N6O2/c1-3-24-16(23)22-10-8-21(9-11-22)15(17-2)18-12-14-13-19-4-6-20(14)7-5-19/h14H,3-13H2,1-2H3,(H,17,18). The number of hydrogen-bond acceptors (Lipinski definition) is 5. The second-order valence-corrected chi connectivity index (χ2v) is 6.59. The molecule has 0 aromatic carbocycles. The molecule has 0 radical (unpaired) electrons. The summed E-state index contributed by atoms with van der Waals surface area (Å²) in [5.74, 6) is 0.941. The monoisotopic (exact) mass is 338 g/mol. The maximum absolute atomic E-state index is 11.8. The lowest BCUT2D eigenvalue weighted by molar-refractivity contribution is 0.0151. The van der Waals surface area contributed by atoms with Gasteiger partial charge in [0.05, 0.1) is 6.61 Å². The van der Waals surface area contributed by atoms with E-state index in [0.717, 1.165) is 32.1 Å². The van der Waals surface area contributed by atoms with Gasteiger partial charge in [0.1, 0.15) is 0 Å². The van der Waals surface area contributed by atoms with Crippen LogP contribution in [0.15, 0.2) is 4.99 Å². The third-order valence-electron chi connectivity index (χ3n) is 5.21. The lowest BCUT2D eigenvalue weighted by Gasteiger charge is -2.47. The van der Waals surface area contributed by atoms with Crippen LogP contribution in [0.3, 0.4) is 0 Å². The van der Waals surface area contributed by atoms with E-state index < -0.39 is 0 Å². The molecule has 4 heterocycles. The van der Waals surface area contributed by atoms with E-state index in [9.17, 15) is 4.79 Å². The lowest BCUT2D eigenvalue weighted by atomic mass is 10.1. The van der Waals surface area contributed by atoms with Crippen LogP contribution in [0.25, 0.3) is 0 Å². The highest BCUT2D eigenvalue weighted by Gasteiger charge is 2.32. The van der Waals surface area contributed by atoms with Crippen molar-refractivity contribution in [2.45, 2.75) is 13.0 Å². The molecule has 8 nitrogen and oxygen atoms in total. The second-order valence-electron chi connectivity index (χ2n) is 6.59. The smallest absolute Gasteiger partial charge is 0.409 e. The zero-order valence-corrected chi connectivity index (χ0v) is 14.9. The van der Waals surface area contributed by atoms with Gasteiger partial charge in [0, 0.05) is 78.5 Å². The fraction of sp³-hybridized carbons (Fsp3) is 0.875. The molecule has 4 rings (SSSR count). The van der Waals surface area contributed by atoms with Gasteiger partial charge in [-0.3, -0.25) is 14.8 Å². The minimum Gasteiger partial charge on any atom is -0.450 e. The molecule has 1 N–H and O–H groups in total. The summed E-state index contributed by atoms with van der Waals surface area (Å²) in [5.41, 5.74) is 0. The van der Waals surface area contributed by atoms with E-state index in [1.807, 2.05) is 14.0 Å². The highest BCUT2D eigenvalue weighted by molar-refractivity contribution is 5.80. The Hall–Kier alpha value is -1.54. The molecule has 8 heteroatoms. The number of piperazine rings is 4. The summed E-state index contributed by atoms with van der Waals surface area (Å²) in [5, 5.41) is 3.54. The molecule has 4 fully saturated rings. The molecular weight excluding hydrogens is 308 g/mol. The first kappa shape index (κ1) is 17.3. The summed E-state index contributed by atoms with van der Waals surface area (Å²) in [6.07, 6.45) is -0.208. The zero-order valence-electron chi connectivity index (χ0n) is 14.9. The molecule has 0 spiro atoms. The summed E-state index contributed by atoms with van der Waals surface area (Å²) >= 11 is 0. The van der Waals surface area contributed by atoms with Crippen LogP contribution >= 0.6 is 0 Å². The number of ether oxygens (including phenoxy) is 1. The van der Waals surface area contributed by atoms with Crippen LogP contribution in [-0.4, -0.2) is 117 Å². The number of carbonyl (C=O) groups excluding carboxylic acids is 1. The third-order valence-corrected chi connectivity index (χ3v) is 5.21. The van der Waals surface area contributed by atoms with Crippen LogP contribution < -0.4 is 5.32 Å². The minimum absolute atomic E-state index is 0.208. The van der Waals surface area contributed by atoms with Crippen LogP contribution in [-0.2, 0) is 4.74 Å². The van der Waals surface area contributed by atoms with E-state index in [4.69, 9.17) is 4.74 Å². The molecule has 0 saturated carbocycles.